The van der Waals surface area contributed by atoms with Crippen LogP contribution in [0.4, 0.5) is 10.1 Å². The molecule has 2 aromatic rings. The fraction of sp³-hybridized carbons (Fsp3) is 0.435. The van der Waals surface area contributed by atoms with Crippen molar-refractivity contribution in [3.05, 3.63) is 53.8 Å². The van der Waals surface area contributed by atoms with Crippen molar-refractivity contribution in [2.45, 2.75) is 30.9 Å². The molecule has 0 radical (unpaired) electrons. The number of sulfonamides is 2. The van der Waals surface area contributed by atoms with E-state index in [0.717, 1.165) is 34.8 Å². The van der Waals surface area contributed by atoms with Gasteiger partial charge in [-0.25, -0.2) is 25.5 Å². The maximum absolute atomic E-state index is 13.5. The third-order valence-corrected chi connectivity index (χ3v) is 8.73. The molecule has 3 rings (SSSR count). The molecule has 0 fully saturated rings. The Balaban J connectivity index is 2.11. The van der Waals surface area contributed by atoms with Gasteiger partial charge in [0.05, 0.1) is 41.6 Å². The summed E-state index contributed by atoms with van der Waals surface area (Å²) in [7, 11) is -6.34. The zero-order valence-corrected chi connectivity index (χ0v) is 22.0. The number of nitrogens with one attached hydrogen (secondary N) is 1. The van der Waals surface area contributed by atoms with Crippen LogP contribution in [0.5, 0.6) is 5.75 Å². The highest BCUT2D eigenvalue weighted by Crippen LogP contribution is 2.36. The van der Waals surface area contributed by atoms with E-state index in [4.69, 9.17) is 4.74 Å². The lowest BCUT2D eigenvalue weighted by Crippen LogP contribution is -2.50. The molecule has 0 saturated carbocycles. The van der Waals surface area contributed by atoms with Crippen molar-refractivity contribution < 1.29 is 35.9 Å². The SMILES string of the molecule is C[C@@H]1CN([C@H](C)CO)C(=O)c2cccc(NS(=O)(=O)c3ccc(F)cc3)c2O[C@@H]1CN(C)S(C)(=O)=O. The highest BCUT2D eigenvalue weighted by Gasteiger charge is 2.35. The van der Waals surface area contributed by atoms with Gasteiger partial charge in [-0.15, -0.1) is 0 Å². The Morgan fingerprint density at radius 3 is 2.42 bits per heavy atom. The average molecular weight is 544 g/mol. The van der Waals surface area contributed by atoms with Gasteiger partial charge in [0.1, 0.15) is 11.9 Å². The molecule has 13 heteroatoms. The molecule has 198 valence electrons. The molecule has 1 aliphatic heterocycles. The Hall–Kier alpha value is -2.74. The maximum atomic E-state index is 13.5. The Kier molecular flexibility index (Phi) is 8.28. The number of benzene rings is 2. The van der Waals surface area contributed by atoms with E-state index in [-0.39, 0.29) is 47.5 Å². The summed E-state index contributed by atoms with van der Waals surface area (Å²) in [4.78, 5) is 14.7. The smallest absolute Gasteiger partial charge is 0.262 e. The highest BCUT2D eigenvalue weighted by atomic mass is 32.2. The van der Waals surface area contributed by atoms with Crippen LogP contribution >= 0.6 is 0 Å². The second kappa shape index (κ2) is 10.7. The van der Waals surface area contributed by atoms with Crippen molar-refractivity contribution >= 4 is 31.6 Å². The molecule has 0 spiro atoms. The molecule has 2 N–H and O–H groups in total. The Morgan fingerprint density at radius 1 is 1.19 bits per heavy atom. The Bertz CT molecular complexity index is 1320. The maximum Gasteiger partial charge on any atom is 0.262 e. The van der Waals surface area contributed by atoms with Crippen molar-refractivity contribution in [1.29, 1.82) is 0 Å². The van der Waals surface area contributed by atoms with Crippen LogP contribution in [0.3, 0.4) is 0 Å². The van der Waals surface area contributed by atoms with Crippen molar-refractivity contribution in [1.82, 2.24) is 9.21 Å². The van der Waals surface area contributed by atoms with E-state index in [1.165, 1.54) is 30.1 Å². The van der Waals surface area contributed by atoms with Gasteiger partial charge in [-0.1, -0.05) is 13.0 Å². The van der Waals surface area contributed by atoms with Crippen LogP contribution in [-0.4, -0.2) is 82.2 Å². The molecule has 3 atom stereocenters. The minimum atomic E-state index is -4.18. The second-order valence-electron chi connectivity index (χ2n) is 8.91. The number of aliphatic hydroxyl groups excluding tert-OH is 1. The number of carbonyl (C=O) groups is 1. The average Bonchev–Trinajstić information content (AvgIpc) is 2.80. The van der Waals surface area contributed by atoms with E-state index in [1.54, 1.807) is 13.8 Å². The lowest BCUT2D eigenvalue weighted by Gasteiger charge is -2.38. The van der Waals surface area contributed by atoms with Crippen LogP contribution in [0.2, 0.25) is 0 Å². The van der Waals surface area contributed by atoms with Gasteiger partial charge in [-0.05, 0) is 43.3 Å². The fourth-order valence-corrected chi connectivity index (χ4v) is 5.23. The van der Waals surface area contributed by atoms with Gasteiger partial charge in [0.25, 0.3) is 15.9 Å². The van der Waals surface area contributed by atoms with Gasteiger partial charge in [0, 0.05) is 19.5 Å². The van der Waals surface area contributed by atoms with Crippen LogP contribution < -0.4 is 9.46 Å². The lowest BCUT2D eigenvalue weighted by atomic mass is 9.99. The van der Waals surface area contributed by atoms with E-state index in [2.05, 4.69) is 4.72 Å². The second-order valence-corrected chi connectivity index (χ2v) is 12.7. The summed E-state index contributed by atoms with van der Waals surface area (Å²) in [5.74, 6) is -1.53. The topological polar surface area (TPSA) is 133 Å². The van der Waals surface area contributed by atoms with E-state index >= 15 is 0 Å². The number of fused-ring (bicyclic) bond motifs is 1. The van der Waals surface area contributed by atoms with Gasteiger partial charge in [-0.2, -0.15) is 0 Å². The first-order chi connectivity index (χ1) is 16.7. The Morgan fingerprint density at radius 2 is 1.83 bits per heavy atom. The number of likely N-dealkylation sites (N-methyl/N-ethyl adjacent to an activating group) is 1. The van der Waals surface area contributed by atoms with Gasteiger partial charge >= 0.3 is 0 Å². The summed E-state index contributed by atoms with van der Waals surface area (Å²) in [6.07, 6.45) is 0.293. The van der Waals surface area contributed by atoms with Crippen LogP contribution in [0.1, 0.15) is 24.2 Å². The van der Waals surface area contributed by atoms with Gasteiger partial charge in [0.15, 0.2) is 5.75 Å². The van der Waals surface area contributed by atoms with Gasteiger partial charge in [0.2, 0.25) is 10.0 Å². The third-order valence-electron chi connectivity index (χ3n) is 6.06. The summed E-state index contributed by atoms with van der Waals surface area (Å²) in [6.45, 7) is 3.26. The van der Waals surface area contributed by atoms with Gasteiger partial charge in [-0.3, -0.25) is 9.52 Å². The first-order valence-electron chi connectivity index (χ1n) is 11.2. The monoisotopic (exact) mass is 543 g/mol. The number of aliphatic hydroxyl groups is 1. The number of amides is 1. The normalized spacial score (nSPS) is 19.8. The number of nitrogens with zero attached hydrogens (tertiary/aromatic N) is 2. The largest absolute Gasteiger partial charge is 0.486 e. The molecule has 0 bridgehead atoms. The molecule has 2 aromatic carbocycles. The molecule has 1 heterocycles. The number of hydrogen-bond donors (Lipinski definition) is 2. The molecule has 36 heavy (non-hydrogen) atoms. The zero-order chi connectivity index (χ0) is 26.8. The van der Waals surface area contributed by atoms with Crippen LogP contribution in [0.25, 0.3) is 0 Å². The molecule has 0 aliphatic carbocycles. The van der Waals surface area contributed by atoms with Crippen LogP contribution in [0, 0.1) is 11.7 Å². The number of para-hydroxylation sites is 1. The molecule has 0 aromatic heterocycles. The van der Waals surface area contributed by atoms with Gasteiger partial charge < -0.3 is 14.7 Å². The van der Waals surface area contributed by atoms with Crippen molar-refractivity contribution in [3.63, 3.8) is 0 Å². The first-order valence-corrected chi connectivity index (χ1v) is 14.5. The number of carbonyl (C=O) groups excluding carboxylic acids is 1. The lowest BCUT2D eigenvalue weighted by molar-refractivity contribution is 0.0389. The van der Waals surface area contributed by atoms with Crippen molar-refractivity contribution in [2.75, 3.05) is 37.7 Å². The summed E-state index contributed by atoms with van der Waals surface area (Å²) < 4.78 is 73.2. The van der Waals surface area contributed by atoms with Crippen LogP contribution in [-0.2, 0) is 20.0 Å². The quantitative estimate of drug-likeness (QED) is 0.518. The molecule has 0 saturated heterocycles. The number of ether oxygens (including phenoxy) is 1. The van der Waals surface area contributed by atoms with E-state index in [1.807, 2.05) is 0 Å². The summed E-state index contributed by atoms with van der Waals surface area (Å²) in [5.41, 5.74) is 0.0106. The van der Waals surface area contributed by atoms with Crippen molar-refractivity contribution in [3.8, 4) is 5.75 Å². The number of halogens is 1. The molecule has 1 amide bonds. The van der Waals surface area contributed by atoms with E-state index < -0.39 is 43.9 Å². The molecule has 0 unspecified atom stereocenters. The molecule has 10 nitrogen and oxygen atoms in total. The molecular formula is C23H30FN3O7S2. The first kappa shape index (κ1) is 27.8. The number of hydrogen-bond acceptors (Lipinski definition) is 7. The van der Waals surface area contributed by atoms with E-state index in [0.29, 0.717) is 0 Å². The minimum absolute atomic E-state index is 0.0390. The third kappa shape index (κ3) is 6.14. The summed E-state index contributed by atoms with van der Waals surface area (Å²) in [5, 5.41) is 9.74. The number of anilines is 1. The summed E-state index contributed by atoms with van der Waals surface area (Å²) in [6, 6.07) is 8.04. The predicted octanol–water partition coefficient (Wildman–Crippen LogP) is 1.74. The summed E-state index contributed by atoms with van der Waals surface area (Å²) >= 11 is 0. The Labute approximate surface area is 210 Å². The van der Waals surface area contributed by atoms with E-state index in [9.17, 15) is 31.1 Å². The molecule has 1 aliphatic rings. The highest BCUT2D eigenvalue weighted by molar-refractivity contribution is 7.92. The fourth-order valence-electron chi connectivity index (χ4n) is 3.75. The predicted molar refractivity (Wildman–Crippen MR) is 132 cm³/mol. The minimum Gasteiger partial charge on any atom is -0.486 e. The standard InChI is InChI=1S/C23H30FN3O7S2/c1-15-12-27(16(2)14-28)23(29)19-6-5-7-20(22(19)34-21(15)13-26(3)35(4,30)31)25-36(32,33)18-10-8-17(24)9-11-18/h5-11,15-16,21,25,28H,12-14H2,1-4H3/t15-,16-,21-/m1/s1. The number of rotatable bonds is 8. The molecular weight excluding hydrogens is 513 g/mol. The van der Waals surface area contributed by atoms with Crippen LogP contribution in [0.15, 0.2) is 47.4 Å². The van der Waals surface area contributed by atoms with Crippen molar-refractivity contribution in [2.24, 2.45) is 5.92 Å². The zero-order valence-electron chi connectivity index (χ0n) is 20.4.